The van der Waals surface area contributed by atoms with Crippen molar-refractivity contribution in [2.45, 2.75) is 83.0 Å². The molecule has 1 saturated carbocycles. The molecule has 3 aliphatic carbocycles. The smallest absolute Gasteiger partial charge is 0.308 e. The maximum absolute atomic E-state index is 12.2. The lowest BCUT2D eigenvalue weighted by atomic mass is 9.61. The van der Waals surface area contributed by atoms with Crippen LogP contribution in [-0.4, -0.2) is 24.7 Å². The fourth-order valence-corrected chi connectivity index (χ4v) is 7.24. The van der Waals surface area contributed by atoms with Gasteiger partial charge in [0.2, 0.25) is 0 Å². The molecule has 3 atom stereocenters. The van der Waals surface area contributed by atoms with Gasteiger partial charge in [-0.2, -0.15) is 0 Å². The molecule has 4 nitrogen and oxygen atoms in total. The first-order valence-corrected chi connectivity index (χ1v) is 13.3. The topological polar surface area (TPSA) is 48.4 Å². The molecule has 3 aliphatic rings. The van der Waals surface area contributed by atoms with Gasteiger partial charge < -0.3 is 9.47 Å². The van der Waals surface area contributed by atoms with Gasteiger partial charge >= 0.3 is 5.97 Å². The Labute approximate surface area is 204 Å². The summed E-state index contributed by atoms with van der Waals surface area (Å²) in [7, 11) is 1.52. The maximum atomic E-state index is 12.2. The van der Waals surface area contributed by atoms with Gasteiger partial charge in [-0.25, -0.2) is 0 Å². The van der Waals surface area contributed by atoms with Crippen LogP contribution in [0.5, 0.6) is 5.75 Å². The fraction of sp³-hybridized carbons (Fsp3) is 0.600. The third kappa shape index (κ3) is 4.25. The average molecular weight is 462 g/mol. The molecular formula is C30H39NO3. The zero-order chi connectivity index (χ0) is 23.7. The minimum atomic E-state index is -0.0330. The number of aromatic nitrogens is 1. The number of fused-ring (bicyclic) bond motifs is 3. The molecule has 0 amide bonds. The number of hydrogen-bond donors (Lipinski definition) is 0. The Balaban J connectivity index is 1.29. The third-order valence-corrected chi connectivity index (χ3v) is 9.00. The Kier molecular flexibility index (Phi) is 6.68. The van der Waals surface area contributed by atoms with E-state index in [1.807, 2.05) is 6.20 Å². The zero-order valence-electron chi connectivity index (χ0n) is 21.0. The molecule has 0 radical (unpaired) electrons. The Hall–Kier alpha value is -2.36. The van der Waals surface area contributed by atoms with Gasteiger partial charge in [-0.3, -0.25) is 9.78 Å². The molecule has 182 valence electrons. The number of rotatable bonds is 6. The quantitative estimate of drug-likeness (QED) is 0.467. The number of nitrogens with zero attached hydrogens (tertiary/aromatic N) is 1. The van der Waals surface area contributed by atoms with Gasteiger partial charge in [0.15, 0.2) is 0 Å². The van der Waals surface area contributed by atoms with Crippen LogP contribution in [0.2, 0.25) is 0 Å². The lowest BCUT2D eigenvalue weighted by Gasteiger charge is -2.43. The highest BCUT2D eigenvalue weighted by atomic mass is 16.5. The van der Waals surface area contributed by atoms with E-state index in [1.165, 1.54) is 42.3 Å². The molecule has 4 heteroatoms. The van der Waals surface area contributed by atoms with Crippen molar-refractivity contribution in [3.8, 4) is 5.75 Å². The van der Waals surface area contributed by atoms with Crippen molar-refractivity contribution >= 4 is 5.97 Å². The van der Waals surface area contributed by atoms with E-state index in [4.69, 9.17) is 9.47 Å². The summed E-state index contributed by atoms with van der Waals surface area (Å²) in [5.74, 6) is 2.68. The largest absolute Gasteiger partial charge is 0.493 e. The lowest BCUT2D eigenvalue weighted by molar-refractivity contribution is -0.147. The Morgan fingerprint density at radius 3 is 2.76 bits per heavy atom. The molecule has 1 unspecified atom stereocenters. The summed E-state index contributed by atoms with van der Waals surface area (Å²) in [5.41, 5.74) is 5.81. The summed E-state index contributed by atoms with van der Waals surface area (Å²) in [6.07, 6.45) is 11.8. The van der Waals surface area contributed by atoms with Crippen LogP contribution < -0.4 is 4.74 Å². The van der Waals surface area contributed by atoms with Crippen LogP contribution >= 0.6 is 0 Å². The normalized spacial score (nSPS) is 28.7. The van der Waals surface area contributed by atoms with E-state index in [0.29, 0.717) is 17.8 Å². The maximum Gasteiger partial charge on any atom is 0.308 e. The predicted molar refractivity (Wildman–Crippen MR) is 134 cm³/mol. The first kappa shape index (κ1) is 23.4. The molecule has 1 spiro atoms. The van der Waals surface area contributed by atoms with Gasteiger partial charge in [0.05, 0.1) is 19.6 Å². The number of aryl methyl sites for hydroxylation is 1. The number of ether oxygens (including phenoxy) is 2. The Morgan fingerprint density at radius 2 is 1.97 bits per heavy atom. The molecule has 0 N–H and O–H groups in total. The zero-order valence-corrected chi connectivity index (χ0v) is 21.0. The molecule has 1 fully saturated rings. The summed E-state index contributed by atoms with van der Waals surface area (Å²) in [5, 5.41) is 0. The number of carbonyl (C=O) groups is 1. The van der Waals surface area contributed by atoms with E-state index in [1.54, 1.807) is 0 Å². The molecule has 0 aliphatic heterocycles. The van der Waals surface area contributed by atoms with E-state index in [-0.39, 0.29) is 17.3 Å². The predicted octanol–water partition coefficient (Wildman–Crippen LogP) is 6.40. The minimum Gasteiger partial charge on any atom is -0.493 e. The van der Waals surface area contributed by atoms with Crippen molar-refractivity contribution in [2.75, 3.05) is 13.7 Å². The van der Waals surface area contributed by atoms with Crippen molar-refractivity contribution in [1.29, 1.82) is 0 Å². The van der Waals surface area contributed by atoms with Crippen molar-refractivity contribution in [3.05, 3.63) is 58.9 Å². The van der Waals surface area contributed by atoms with Crippen LogP contribution in [0.4, 0.5) is 0 Å². The van der Waals surface area contributed by atoms with Gasteiger partial charge in [0.25, 0.3) is 0 Å². The number of benzene rings is 1. The molecular weight excluding hydrogens is 422 g/mol. The number of hydrogen-bond acceptors (Lipinski definition) is 4. The van der Waals surface area contributed by atoms with Crippen LogP contribution in [0.3, 0.4) is 0 Å². The summed E-state index contributed by atoms with van der Waals surface area (Å²) in [6.45, 7) is 5.39. The molecule has 1 aromatic heterocycles. The van der Waals surface area contributed by atoms with E-state index < -0.39 is 0 Å². The van der Waals surface area contributed by atoms with Gasteiger partial charge in [-0.15, -0.1) is 0 Å². The van der Waals surface area contributed by atoms with Crippen LogP contribution in [0.25, 0.3) is 0 Å². The highest BCUT2D eigenvalue weighted by Gasteiger charge is 2.49. The van der Waals surface area contributed by atoms with Gasteiger partial charge in [-0.1, -0.05) is 38.1 Å². The van der Waals surface area contributed by atoms with Crippen molar-refractivity contribution in [2.24, 2.45) is 17.8 Å². The summed E-state index contributed by atoms with van der Waals surface area (Å²) >= 11 is 0. The number of pyridine rings is 1. The minimum absolute atomic E-state index is 0.0330. The number of esters is 1. The molecule has 2 aromatic rings. The molecule has 34 heavy (non-hydrogen) atoms. The van der Waals surface area contributed by atoms with Gasteiger partial charge in [0, 0.05) is 17.5 Å². The molecule has 1 heterocycles. The summed E-state index contributed by atoms with van der Waals surface area (Å²) in [4.78, 5) is 16.8. The summed E-state index contributed by atoms with van der Waals surface area (Å²) < 4.78 is 11.5. The number of carbonyl (C=O) groups excluding carboxylic acids is 1. The SMILES string of the molecule is COC(=O)C1CCC2(CC1)c1ccccc1CC2C[C@@H](C)COc1ccnc2c1[C@H](C)CCC2. The fourth-order valence-electron chi connectivity index (χ4n) is 7.24. The molecule has 0 bridgehead atoms. The first-order valence-electron chi connectivity index (χ1n) is 13.3. The Morgan fingerprint density at radius 1 is 1.18 bits per heavy atom. The van der Waals surface area contributed by atoms with Gasteiger partial charge in [0.1, 0.15) is 5.75 Å². The van der Waals surface area contributed by atoms with Crippen LogP contribution in [0, 0.1) is 17.8 Å². The van der Waals surface area contributed by atoms with Crippen molar-refractivity contribution in [3.63, 3.8) is 0 Å². The van der Waals surface area contributed by atoms with Crippen LogP contribution in [0.15, 0.2) is 36.5 Å². The molecule has 1 aromatic carbocycles. The standard InChI is InChI=1S/C30H39NO3/c1-20(19-34-27-13-16-31-26-10-6-7-21(2)28(26)27)17-24-18-23-8-4-5-9-25(23)30(24)14-11-22(12-15-30)29(32)33-3/h4-5,8-9,13,16,20-22,24H,6-7,10-12,14-15,17-19H2,1-3H3/t20-,21-,22?,24?,30?/m1/s1. The lowest BCUT2D eigenvalue weighted by Crippen LogP contribution is -2.39. The van der Waals surface area contributed by atoms with Crippen molar-refractivity contribution < 1.29 is 14.3 Å². The second kappa shape index (κ2) is 9.71. The Bertz CT molecular complexity index is 1020. The highest BCUT2D eigenvalue weighted by Crippen LogP contribution is 2.55. The third-order valence-electron chi connectivity index (χ3n) is 9.00. The molecule has 5 rings (SSSR count). The van der Waals surface area contributed by atoms with E-state index in [0.717, 1.165) is 57.3 Å². The summed E-state index contributed by atoms with van der Waals surface area (Å²) in [6, 6.07) is 11.1. The second-order valence-corrected chi connectivity index (χ2v) is 11.1. The monoisotopic (exact) mass is 461 g/mol. The average Bonchev–Trinajstić information content (AvgIpc) is 3.15. The highest BCUT2D eigenvalue weighted by molar-refractivity contribution is 5.72. The second-order valence-electron chi connectivity index (χ2n) is 11.1. The number of methoxy groups -OCH3 is 1. The van der Waals surface area contributed by atoms with E-state index in [9.17, 15) is 4.79 Å². The first-order chi connectivity index (χ1) is 16.5. The molecule has 0 saturated heterocycles. The van der Waals surface area contributed by atoms with Gasteiger partial charge in [-0.05, 0) is 98.1 Å². The van der Waals surface area contributed by atoms with E-state index >= 15 is 0 Å². The van der Waals surface area contributed by atoms with Crippen LogP contribution in [-0.2, 0) is 27.8 Å². The van der Waals surface area contributed by atoms with Crippen molar-refractivity contribution in [1.82, 2.24) is 4.98 Å². The van der Waals surface area contributed by atoms with E-state index in [2.05, 4.69) is 49.2 Å². The van der Waals surface area contributed by atoms with Crippen LogP contribution in [0.1, 0.15) is 87.1 Å².